The molecule has 2 aromatic rings. The topological polar surface area (TPSA) is 53.4 Å². The summed E-state index contributed by atoms with van der Waals surface area (Å²) < 4.78 is 0. The fraction of sp³-hybridized carbons (Fsp3) is 0.286. The van der Waals surface area contributed by atoms with E-state index >= 15 is 0 Å². The van der Waals surface area contributed by atoms with Gasteiger partial charge in [0.15, 0.2) is 0 Å². The van der Waals surface area contributed by atoms with E-state index in [-0.39, 0.29) is 5.92 Å². The summed E-state index contributed by atoms with van der Waals surface area (Å²) in [6, 6.07) is 7.59. The Balaban J connectivity index is 2.02. The number of fused-ring (bicyclic) bond motifs is 1. The van der Waals surface area contributed by atoms with Crippen LogP contribution in [0.4, 0.5) is 5.69 Å². The maximum absolute atomic E-state index is 11.0. The number of aliphatic carboxylic acids is 1. The summed E-state index contributed by atoms with van der Waals surface area (Å²) in [7, 11) is 0. The first-order valence-electron chi connectivity index (χ1n) is 6.18. The first kappa shape index (κ1) is 12.2. The second kappa shape index (κ2) is 4.70. The molecule has 4 nitrogen and oxygen atoms in total. The summed E-state index contributed by atoms with van der Waals surface area (Å²) in [6.45, 7) is 1.30. The summed E-state index contributed by atoms with van der Waals surface area (Å²) in [5.74, 6) is -1.01. The Labute approximate surface area is 115 Å². The van der Waals surface area contributed by atoms with Crippen LogP contribution >= 0.6 is 11.6 Å². The lowest BCUT2D eigenvalue weighted by atomic mass is 10.1. The number of pyridine rings is 1. The van der Waals surface area contributed by atoms with E-state index in [0.717, 1.165) is 23.1 Å². The number of aromatic nitrogens is 1. The van der Waals surface area contributed by atoms with E-state index in [1.54, 1.807) is 6.20 Å². The van der Waals surface area contributed by atoms with Gasteiger partial charge in [0.05, 0.1) is 16.5 Å². The molecule has 0 aliphatic carbocycles. The fourth-order valence-electron chi connectivity index (χ4n) is 2.58. The average molecular weight is 277 g/mol. The Kier molecular flexibility index (Phi) is 3.03. The molecule has 98 valence electrons. The van der Waals surface area contributed by atoms with Crippen molar-refractivity contribution in [1.82, 2.24) is 4.98 Å². The van der Waals surface area contributed by atoms with Crippen LogP contribution in [-0.4, -0.2) is 29.1 Å². The highest BCUT2D eigenvalue weighted by Crippen LogP contribution is 2.32. The van der Waals surface area contributed by atoms with Crippen molar-refractivity contribution >= 4 is 34.2 Å². The van der Waals surface area contributed by atoms with Gasteiger partial charge in [-0.2, -0.15) is 0 Å². The number of hydrogen-bond acceptors (Lipinski definition) is 3. The molecule has 1 aliphatic rings. The number of carbonyl (C=O) groups is 1. The van der Waals surface area contributed by atoms with Gasteiger partial charge in [0, 0.05) is 30.4 Å². The molecule has 2 heterocycles. The van der Waals surface area contributed by atoms with Gasteiger partial charge < -0.3 is 10.0 Å². The standard InChI is InChI=1S/C14H13ClN2O2/c15-11-3-1-2-10-12(4-6-16-13(10)11)17-7-5-9(8-17)14(18)19/h1-4,6,9H,5,7-8H2,(H,18,19). The highest BCUT2D eigenvalue weighted by atomic mass is 35.5. The number of para-hydroxylation sites is 1. The molecule has 0 spiro atoms. The maximum atomic E-state index is 11.0. The summed E-state index contributed by atoms with van der Waals surface area (Å²) in [5, 5.41) is 10.7. The molecule has 1 aliphatic heterocycles. The summed E-state index contributed by atoms with van der Waals surface area (Å²) >= 11 is 6.14. The van der Waals surface area contributed by atoms with E-state index < -0.39 is 5.97 Å². The van der Waals surface area contributed by atoms with Gasteiger partial charge in [-0.3, -0.25) is 9.78 Å². The zero-order chi connectivity index (χ0) is 13.4. The molecular formula is C14H13ClN2O2. The number of halogens is 1. The Morgan fingerprint density at radius 3 is 3.00 bits per heavy atom. The lowest BCUT2D eigenvalue weighted by molar-refractivity contribution is -0.140. The average Bonchev–Trinajstić information content (AvgIpc) is 2.88. The van der Waals surface area contributed by atoms with Crippen molar-refractivity contribution in [2.75, 3.05) is 18.0 Å². The van der Waals surface area contributed by atoms with Crippen LogP contribution in [0.5, 0.6) is 0 Å². The molecule has 1 saturated heterocycles. The van der Waals surface area contributed by atoms with Gasteiger partial charge in [0.25, 0.3) is 0 Å². The molecule has 0 saturated carbocycles. The first-order chi connectivity index (χ1) is 9.16. The molecule has 0 amide bonds. The summed E-state index contributed by atoms with van der Waals surface area (Å²) in [6.07, 6.45) is 2.40. The molecule has 5 heteroatoms. The highest BCUT2D eigenvalue weighted by molar-refractivity contribution is 6.35. The maximum Gasteiger partial charge on any atom is 0.308 e. The molecule has 1 aromatic carbocycles. The quantitative estimate of drug-likeness (QED) is 0.916. The smallest absolute Gasteiger partial charge is 0.308 e. The SMILES string of the molecule is O=C(O)C1CCN(c2ccnc3c(Cl)cccc23)C1. The molecule has 1 atom stereocenters. The first-order valence-corrected chi connectivity index (χ1v) is 6.55. The molecule has 1 N–H and O–H groups in total. The molecule has 0 radical (unpaired) electrons. The van der Waals surface area contributed by atoms with Crippen molar-refractivity contribution in [3.63, 3.8) is 0 Å². The number of anilines is 1. The molecule has 0 bridgehead atoms. The van der Waals surface area contributed by atoms with Crippen LogP contribution in [0.2, 0.25) is 5.02 Å². The Hall–Kier alpha value is -1.81. The van der Waals surface area contributed by atoms with E-state index in [1.165, 1.54) is 0 Å². The van der Waals surface area contributed by atoms with Crippen molar-refractivity contribution in [1.29, 1.82) is 0 Å². The molecule has 1 aromatic heterocycles. The predicted molar refractivity (Wildman–Crippen MR) is 74.7 cm³/mol. The number of nitrogens with zero attached hydrogens (tertiary/aromatic N) is 2. The third-order valence-electron chi connectivity index (χ3n) is 3.58. The van der Waals surface area contributed by atoms with Crippen LogP contribution in [-0.2, 0) is 4.79 Å². The van der Waals surface area contributed by atoms with Crippen molar-refractivity contribution in [3.8, 4) is 0 Å². The van der Waals surface area contributed by atoms with E-state index in [2.05, 4.69) is 9.88 Å². The monoisotopic (exact) mass is 276 g/mol. The van der Waals surface area contributed by atoms with Crippen molar-refractivity contribution in [2.45, 2.75) is 6.42 Å². The van der Waals surface area contributed by atoms with Gasteiger partial charge in [-0.25, -0.2) is 0 Å². The van der Waals surface area contributed by atoms with Gasteiger partial charge >= 0.3 is 5.97 Å². The summed E-state index contributed by atoms with van der Waals surface area (Å²) in [5.41, 5.74) is 1.77. The van der Waals surface area contributed by atoms with Crippen LogP contribution in [0.1, 0.15) is 6.42 Å². The zero-order valence-electron chi connectivity index (χ0n) is 10.2. The highest BCUT2D eigenvalue weighted by Gasteiger charge is 2.28. The van der Waals surface area contributed by atoms with Crippen molar-refractivity contribution in [3.05, 3.63) is 35.5 Å². The Morgan fingerprint density at radius 2 is 2.26 bits per heavy atom. The third-order valence-corrected chi connectivity index (χ3v) is 3.88. The van der Waals surface area contributed by atoms with Gasteiger partial charge in [-0.05, 0) is 18.6 Å². The number of carboxylic acid groups (broad SMARTS) is 1. The largest absolute Gasteiger partial charge is 0.481 e. The van der Waals surface area contributed by atoms with Crippen LogP contribution in [0.15, 0.2) is 30.5 Å². The van der Waals surface area contributed by atoms with Crippen LogP contribution in [0.25, 0.3) is 10.9 Å². The molecule has 1 fully saturated rings. The third kappa shape index (κ3) is 2.12. The van der Waals surface area contributed by atoms with Crippen molar-refractivity contribution < 1.29 is 9.90 Å². The van der Waals surface area contributed by atoms with E-state index in [0.29, 0.717) is 18.0 Å². The van der Waals surface area contributed by atoms with Gasteiger partial charge in [-0.15, -0.1) is 0 Å². The van der Waals surface area contributed by atoms with E-state index in [9.17, 15) is 4.79 Å². The van der Waals surface area contributed by atoms with E-state index in [1.807, 2.05) is 24.3 Å². The minimum Gasteiger partial charge on any atom is -0.481 e. The van der Waals surface area contributed by atoms with E-state index in [4.69, 9.17) is 16.7 Å². The lowest BCUT2D eigenvalue weighted by Gasteiger charge is -2.20. The second-order valence-electron chi connectivity index (χ2n) is 4.74. The minimum atomic E-state index is -0.723. The van der Waals surface area contributed by atoms with Gasteiger partial charge in [-0.1, -0.05) is 23.7 Å². The molecule has 19 heavy (non-hydrogen) atoms. The number of benzene rings is 1. The lowest BCUT2D eigenvalue weighted by Crippen LogP contribution is -2.22. The number of rotatable bonds is 2. The number of carboxylic acids is 1. The van der Waals surface area contributed by atoms with Crippen molar-refractivity contribution in [2.24, 2.45) is 5.92 Å². The van der Waals surface area contributed by atoms with Crippen LogP contribution in [0.3, 0.4) is 0 Å². The second-order valence-corrected chi connectivity index (χ2v) is 5.14. The van der Waals surface area contributed by atoms with Crippen LogP contribution < -0.4 is 4.90 Å². The van der Waals surface area contributed by atoms with Gasteiger partial charge in [0.1, 0.15) is 0 Å². The Morgan fingerprint density at radius 1 is 1.42 bits per heavy atom. The summed E-state index contributed by atoms with van der Waals surface area (Å²) in [4.78, 5) is 17.4. The molecule has 3 rings (SSSR count). The van der Waals surface area contributed by atoms with Gasteiger partial charge in [0.2, 0.25) is 0 Å². The minimum absolute atomic E-state index is 0.289. The fourth-order valence-corrected chi connectivity index (χ4v) is 2.81. The Bertz CT molecular complexity index is 644. The predicted octanol–water partition coefficient (Wildman–Crippen LogP) is 2.80. The molecule has 1 unspecified atom stereocenters. The normalized spacial score (nSPS) is 19.0. The molecular weight excluding hydrogens is 264 g/mol. The van der Waals surface area contributed by atoms with Crippen LogP contribution in [0, 0.1) is 5.92 Å². The zero-order valence-corrected chi connectivity index (χ0v) is 11.0. The number of hydrogen-bond donors (Lipinski definition) is 1.